The molecule has 0 aromatic heterocycles. The maximum atomic E-state index is 5.80. The highest BCUT2D eigenvalue weighted by molar-refractivity contribution is 6.17. The molecule has 0 aliphatic heterocycles. The van der Waals surface area contributed by atoms with Gasteiger partial charge in [-0.15, -0.1) is 11.6 Å². The summed E-state index contributed by atoms with van der Waals surface area (Å²) in [5.74, 6) is 1.82. The normalized spacial score (nSPS) is 10.4. The van der Waals surface area contributed by atoms with Crippen LogP contribution in [0.4, 0.5) is 0 Å². The van der Waals surface area contributed by atoms with Crippen LogP contribution in [0.5, 0.6) is 11.5 Å². The van der Waals surface area contributed by atoms with Crippen LogP contribution in [0.15, 0.2) is 18.2 Å². The van der Waals surface area contributed by atoms with E-state index < -0.39 is 0 Å². The second-order valence-electron chi connectivity index (χ2n) is 3.60. The van der Waals surface area contributed by atoms with Crippen molar-refractivity contribution < 1.29 is 18.9 Å². The van der Waals surface area contributed by atoms with Crippen LogP contribution in [0.3, 0.4) is 0 Å². The van der Waals surface area contributed by atoms with Gasteiger partial charge in [-0.25, -0.2) is 0 Å². The molecule has 0 saturated heterocycles. The van der Waals surface area contributed by atoms with Gasteiger partial charge < -0.3 is 18.9 Å². The molecule has 0 N–H and O–H groups in total. The molecule has 5 heteroatoms. The van der Waals surface area contributed by atoms with Crippen molar-refractivity contribution in [3.8, 4) is 11.5 Å². The molecule has 1 aromatic carbocycles. The van der Waals surface area contributed by atoms with Crippen LogP contribution in [0, 0.1) is 0 Å². The van der Waals surface area contributed by atoms with E-state index in [1.165, 1.54) is 0 Å². The van der Waals surface area contributed by atoms with E-state index in [0.29, 0.717) is 43.8 Å². The fourth-order valence-electron chi connectivity index (χ4n) is 1.34. The molecule has 102 valence electrons. The Morgan fingerprint density at radius 3 is 2.06 bits per heavy atom. The predicted molar refractivity (Wildman–Crippen MR) is 70.7 cm³/mol. The van der Waals surface area contributed by atoms with Crippen molar-refractivity contribution in [2.75, 3.05) is 40.6 Å². The predicted octanol–water partition coefficient (Wildman–Crippen LogP) is 2.48. The summed E-state index contributed by atoms with van der Waals surface area (Å²) in [6, 6.07) is 5.65. The van der Waals surface area contributed by atoms with Gasteiger partial charge in [-0.1, -0.05) is 6.07 Å². The second kappa shape index (κ2) is 9.03. The summed E-state index contributed by atoms with van der Waals surface area (Å²) >= 11 is 5.80. The van der Waals surface area contributed by atoms with Gasteiger partial charge in [0.25, 0.3) is 0 Å². The lowest BCUT2D eigenvalue weighted by atomic mass is 10.2. The molecule has 1 rings (SSSR count). The van der Waals surface area contributed by atoms with Crippen LogP contribution >= 0.6 is 11.6 Å². The molecule has 0 spiro atoms. The van der Waals surface area contributed by atoms with E-state index in [1.807, 2.05) is 18.2 Å². The van der Waals surface area contributed by atoms with Crippen molar-refractivity contribution in [3.05, 3.63) is 23.8 Å². The Kier molecular flexibility index (Phi) is 7.57. The SMILES string of the molecule is COCCOc1ccc(CCl)cc1OCCOC. The Morgan fingerprint density at radius 2 is 1.50 bits per heavy atom. The Labute approximate surface area is 113 Å². The standard InChI is InChI=1S/C13H19ClO4/c1-15-5-7-17-12-4-3-11(10-14)9-13(12)18-8-6-16-2/h3-4,9H,5-8,10H2,1-2H3. The lowest BCUT2D eigenvalue weighted by Crippen LogP contribution is -2.08. The summed E-state index contributed by atoms with van der Waals surface area (Å²) in [5.41, 5.74) is 0.989. The highest BCUT2D eigenvalue weighted by atomic mass is 35.5. The minimum Gasteiger partial charge on any atom is -0.487 e. The molecule has 4 nitrogen and oxygen atoms in total. The van der Waals surface area contributed by atoms with Crippen molar-refractivity contribution in [1.82, 2.24) is 0 Å². The number of benzene rings is 1. The number of hydrogen-bond donors (Lipinski definition) is 0. The van der Waals surface area contributed by atoms with Crippen molar-refractivity contribution in [1.29, 1.82) is 0 Å². The van der Waals surface area contributed by atoms with Gasteiger partial charge in [-0.3, -0.25) is 0 Å². The Balaban J connectivity index is 2.66. The summed E-state index contributed by atoms with van der Waals surface area (Å²) < 4.78 is 21.1. The molecule has 0 amide bonds. The van der Waals surface area contributed by atoms with Gasteiger partial charge in [0.1, 0.15) is 13.2 Å². The number of ether oxygens (including phenoxy) is 4. The van der Waals surface area contributed by atoms with Crippen molar-refractivity contribution in [2.24, 2.45) is 0 Å². The van der Waals surface area contributed by atoms with Crippen LogP contribution in [0.25, 0.3) is 0 Å². The van der Waals surface area contributed by atoms with Crippen LogP contribution in [-0.4, -0.2) is 40.6 Å². The molecule has 0 aliphatic rings. The van der Waals surface area contributed by atoms with Gasteiger partial charge >= 0.3 is 0 Å². The molecule has 0 saturated carbocycles. The summed E-state index contributed by atoms with van der Waals surface area (Å²) in [6.45, 7) is 2.03. The average molecular weight is 275 g/mol. The van der Waals surface area contributed by atoms with Crippen LogP contribution in [0.2, 0.25) is 0 Å². The van der Waals surface area contributed by atoms with Gasteiger partial charge in [-0.05, 0) is 17.7 Å². The highest BCUT2D eigenvalue weighted by Gasteiger charge is 2.06. The molecule has 18 heavy (non-hydrogen) atoms. The molecule has 0 aliphatic carbocycles. The van der Waals surface area contributed by atoms with E-state index >= 15 is 0 Å². The molecular formula is C13H19ClO4. The van der Waals surface area contributed by atoms with Crippen molar-refractivity contribution in [2.45, 2.75) is 5.88 Å². The maximum Gasteiger partial charge on any atom is 0.161 e. The van der Waals surface area contributed by atoms with E-state index in [4.69, 9.17) is 30.5 Å². The molecule has 0 bridgehead atoms. The van der Waals surface area contributed by atoms with Crippen molar-refractivity contribution in [3.63, 3.8) is 0 Å². The first-order valence-electron chi connectivity index (χ1n) is 5.74. The van der Waals surface area contributed by atoms with Crippen LogP contribution < -0.4 is 9.47 Å². The van der Waals surface area contributed by atoms with Gasteiger partial charge in [0.2, 0.25) is 0 Å². The monoisotopic (exact) mass is 274 g/mol. The Bertz CT molecular complexity index is 344. The highest BCUT2D eigenvalue weighted by Crippen LogP contribution is 2.29. The summed E-state index contributed by atoms with van der Waals surface area (Å²) in [4.78, 5) is 0. The van der Waals surface area contributed by atoms with Gasteiger partial charge in [-0.2, -0.15) is 0 Å². The third kappa shape index (κ3) is 5.12. The van der Waals surface area contributed by atoms with E-state index in [9.17, 15) is 0 Å². The maximum absolute atomic E-state index is 5.80. The lowest BCUT2D eigenvalue weighted by Gasteiger charge is -2.13. The number of alkyl halides is 1. The molecule has 0 heterocycles. The molecule has 0 fully saturated rings. The van der Waals surface area contributed by atoms with Crippen molar-refractivity contribution >= 4 is 11.6 Å². The first-order chi connectivity index (χ1) is 8.81. The third-order valence-corrected chi connectivity index (χ3v) is 2.56. The number of halogens is 1. The molecule has 0 atom stereocenters. The minimum atomic E-state index is 0.443. The lowest BCUT2D eigenvalue weighted by molar-refractivity contribution is 0.132. The first-order valence-corrected chi connectivity index (χ1v) is 6.27. The zero-order valence-corrected chi connectivity index (χ0v) is 11.5. The zero-order valence-electron chi connectivity index (χ0n) is 10.8. The van der Waals surface area contributed by atoms with Gasteiger partial charge in [0.15, 0.2) is 11.5 Å². The number of rotatable bonds is 9. The molecule has 1 aromatic rings. The van der Waals surface area contributed by atoms with E-state index in [1.54, 1.807) is 14.2 Å². The fourth-order valence-corrected chi connectivity index (χ4v) is 1.50. The minimum absolute atomic E-state index is 0.443. The van der Waals surface area contributed by atoms with E-state index in [0.717, 1.165) is 5.56 Å². The Morgan fingerprint density at radius 1 is 0.889 bits per heavy atom. The zero-order chi connectivity index (χ0) is 13.2. The second-order valence-corrected chi connectivity index (χ2v) is 3.86. The number of hydrogen-bond acceptors (Lipinski definition) is 4. The quantitative estimate of drug-likeness (QED) is 0.512. The third-order valence-electron chi connectivity index (χ3n) is 2.25. The van der Waals surface area contributed by atoms with E-state index in [-0.39, 0.29) is 0 Å². The number of methoxy groups -OCH3 is 2. The Hall–Kier alpha value is -0.970. The summed E-state index contributed by atoms with van der Waals surface area (Å²) in [6.07, 6.45) is 0. The molecular weight excluding hydrogens is 256 g/mol. The van der Waals surface area contributed by atoms with Crippen LogP contribution in [0.1, 0.15) is 5.56 Å². The fraction of sp³-hybridized carbons (Fsp3) is 0.538. The summed E-state index contributed by atoms with van der Waals surface area (Å²) in [5, 5.41) is 0. The topological polar surface area (TPSA) is 36.9 Å². The average Bonchev–Trinajstić information content (AvgIpc) is 2.40. The largest absolute Gasteiger partial charge is 0.487 e. The molecule has 0 radical (unpaired) electrons. The van der Waals surface area contributed by atoms with E-state index in [2.05, 4.69) is 0 Å². The van der Waals surface area contributed by atoms with Gasteiger partial charge in [0, 0.05) is 20.1 Å². The first kappa shape index (κ1) is 15.1. The smallest absolute Gasteiger partial charge is 0.161 e. The van der Waals surface area contributed by atoms with Gasteiger partial charge in [0.05, 0.1) is 13.2 Å². The van der Waals surface area contributed by atoms with Crippen LogP contribution in [-0.2, 0) is 15.4 Å². The summed E-state index contributed by atoms with van der Waals surface area (Å²) in [7, 11) is 3.27. The molecule has 0 unspecified atom stereocenters.